The summed E-state index contributed by atoms with van der Waals surface area (Å²) in [7, 11) is 0. The predicted octanol–water partition coefficient (Wildman–Crippen LogP) is 3.07. The van der Waals surface area contributed by atoms with Crippen LogP contribution in [0.15, 0.2) is 34.9 Å². The highest BCUT2D eigenvalue weighted by Gasteiger charge is 2.33. The van der Waals surface area contributed by atoms with Gasteiger partial charge in [-0.1, -0.05) is 42.4 Å². The van der Waals surface area contributed by atoms with Crippen molar-refractivity contribution in [3.05, 3.63) is 52.9 Å². The molecule has 0 bridgehead atoms. The quantitative estimate of drug-likeness (QED) is 0.781. The molecule has 0 spiro atoms. The second-order valence-electron chi connectivity index (χ2n) is 6.14. The molecule has 6 nitrogen and oxygen atoms in total. The number of hydrogen-bond acceptors (Lipinski definition) is 5. The van der Waals surface area contributed by atoms with Gasteiger partial charge in [-0.2, -0.15) is 0 Å². The maximum Gasteiger partial charge on any atom is 0.344 e. The first-order valence-electron chi connectivity index (χ1n) is 8.61. The van der Waals surface area contributed by atoms with Gasteiger partial charge in [-0.3, -0.25) is 4.79 Å². The Bertz CT molecular complexity index is 748. The summed E-state index contributed by atoms with van der Waals surface area (Å²) in [5, 5.41) is 3.89. The van der Waals surface area contributed by atoms with Crippen molar-refractivity contribution < 1.29 is 18.8 Å². The molecule has 1 fully saturated rings. The van der Waals surface area contributed by atoms with E-state index in [-0.39, 0.29) is 5.91 Å². The van der Waals surface area contributed by atoms with Crippen LogP contribution in [-0.2, 0) is 16.0 Å². The van der Waals surface area contributed by atoms with Gasteiger partial charge in [-0.15, -0.1) is 0 Å². The molecular weight excluding hydrogens is 320 g/mol. The number of nitrogens with zero attached hydrogens (tertiary/aromatic N) is 2. The Hall–Kier alpha value is -2.63. The first-order chi connectivity index (χ1) is 12.1. The van der Waals surface area contributed by atoms with E-state index in [9.17, 15) is 9.59 Å². The van der Waals surface area contributed by atoms with Gasteiger partial charge in [0.25, 0.3) is 5.91 Å². The molecule has 0 N–H and O–H groups in total. The fourth-order valence-corrected chi connectivity index (χ4v) is 3.08. The van der Waals surface area contributed by atoms with Gasteiger partial charge in [0.15, 0.2) is 0 Å². The molecule has 0 saturated carbocycles. The number of aromatic nitrogens is 1. The number of benzene rings is 1. The molecule has 1 saturated heterocycles. The van der Waals surface area contributed by atoms with Crippen molar-refractivity contribution in [1.82, 2.24) is 10.1 Å². The number of carbonyl (C=O) groups is 2. The molecule has 0 radical (unpaired) electrons. The molecule has 2 aromatic rings. The number of esters is 1. The predicted molar refractivity (Wildman–Crippen MR) is 91.0 cm³/mol. The lowest BCUT2D eigenvalue weighted by atomic mass is 10.1. The topological polar surface area (TPSA) is 72.6 Å². The van der Waals surface area contributed by atoms with Gasteiger partial charge in [0, 0.05) is 18.7 Å². The molecule has 2 heterocycles. The summed E-state index contributed by atoms with van der Waals surface area (Å²) in [4.78, 5) is 27.4. The van der Waals surface area contributed by atoms with E-state index in [1.54, 1.807) is 24.0 Å². The lowest BCUT2D eigenvalue weighted by molar-refractivity contribution is -0.140. The van der Waals surface area contributed by atoms with Crippen molar-refractivity contribution >= 4 is 11.9 Å². The monoisotopic (exact) mass is 342 g/mol. The highest BCUT2D eigenvalue weighted by molar-refractivity contribution is 5.94. The SMILES string of the molecule is CCc1noc(C)c1C(=O)OC(C(=O)N1CCCC1)c1ccccc1. The molecule has 1 aromatic carbocycles. The third-order valence-electron chi connectivity index (χ3n) is 4.44. The van der Waals surface area contributed by atoms with Crippen molar-refractivity contribution in [2.75, 3.05) is 13.1 Å². The highest BCUT2D eigenvalue weighted by Crippen LogP contribution is 2.25. The number of aryl methyl sites for hydroxylation is 2. The van der Waals surface area contributed by atoms with Crippen LogP contribution in [0.4, 0.5) is 0 Å². The van der Waals surface area contributed by atoms with Crippen LogP contribution >= 0.6 is 0 Å². The molecule has 3 rings (SSSR count). The summed E-state index contributed by atoms with van der Waals surface area (Å²) >= 11 is 0. The van der Waals surface area contributed by atoms with Gasteiger partial charge in [0.1, 0.15) is 11.3 Å². The van der Waals surface area contributed by atoms with Crippen LogP contribution in [0.2, 0.25) is 0 Å². The Morgan fingerprint density at radius 2 is 1.92 bits per heavy atom. The van der Waals surface area contributed by atoms with E-state index in [0.717, 1.165) is 12.8 Å². The Kier molecular flexibility index (Phi) is 5.16. The number of likely N-dealkylation sites (tertiary alicyclic amines) is 1. The van der Waals surface area contributed by atoms with E-state index in [1.807, 2.05) is 25.1 Å². The van der Waals surface area contributed by atoms with Crippen LogP contribution in [0.3, 0.4) is 0 Å². The largest absolute Gasteiger partial charge is 0.444 e. The Morgan fingerprint density at radius 3 is 2.56 bits per heavy atom. The standard InChI is InChI=1S/C19H22N2O4/c1-3-15-16(13(2)25-20-15)19(23)24-17(14-9-5-4-6-10-14)18(22)21-11-7-8-12-21/h4-6,9-10,17H,3,7-8,11-12H2,1-2H3. The normalized spacial score (nSPS) is 15.2. The maximum absolute atomic E-state index is 12.9. The van der Waals surface area contributed by atoms with Crippen molar-refractivity contribution in [1.29, 1.82) is 0 Å². The summed E-state index contributed by atoms with van der Waals surface area (Å²) in [6, 6.07) is 9.12. The molecular formula is C19H22N2O4. The van der Waals surface area contributed by atoms with Gasteiger partial charge < -0.3 is 14.2 Å². The number of carbonyl (C=O) groups excluding carboxylic acids is 2. The summed E-state index contributed by atoms with van der Waals surface area (Å²) in [6.45, 7) is 4.96. The van der Waals surface area contributed by atoms with Gasteiger partial charge in [-0.05, 0) is 26.2 Å². The average Bonchev–Trinajstić information content (AvgIpc) is 3.29. The second-order valence-corrected chi connectivity index (χ2v) is 6.14. The average molecular weight is 342 g/mol. The summed E-state index contributed by atoms with van der Waals surface area (Å²) < 4.78 is 10.8. The fraction of sp³-hybridized carbons (Fsp3) is 0.421. The zero-order chi connectivity index (χ0) is 17.8. The van der Waals surface area contributed by atoms with Crippen LogP contribution < -0.4 is 0 Å². The van der Waals surface area contributed by atoms with E-state index < -0.39 is 12.1 Å². The maximum atomic E-state index is 12.9. The Morgan fingerprint density at radius 1 is 1.24 bits per heavy atom. The number of rotatable bonds is 5. The third-order valence-corrected chi connectivity index (χ3v) is 4.44. The van der Waals surface area contributed by atoms with Gasteiger partial charge >= 0.3 is 5.97 Å². The molecule has 1 aliphatic rings. The first kappa shape index (κ1) is 17.2. The zero-order valence-corrected chi connectivity index (χ0v) is 14.5. The molecule has 6 heteroatoms. The lowest BCUT2D eigenvalue weighted by Gasteiger charge is -2.23. The van der Waals surface area contributed by atoms with Crippen LogP contribution in [0.25, 0.3) is 0 Å². The van der Waals surface area contributed by atoms with Crippen molar-refractivity contribution in [2.24, 2.45) is 0 Å². The van der Waals surface area contributed by atoms with E-state index in [0.29, 0.717) is 42.1 Å². The van der Waals surface area contributed by atoms with Crippen molar-refractivity contribution in [3.63, 3.8) is 0 Å². The first-order valence-corrected chi connectivity index (χ1v) is 8.61. The van der Waals surface area contributed by atoms with Crippen LogP contribution in [-0.4, -0.2) is 35.0 Å². The number of amides is 1. The Labute approximate surface area is 146 Å². The van der Waals surface area contributed by atoms with Crippen LogP contribution in [0.1, 0.15) is 53.2 Å². The van der Waals surface area contributed by atoms with E-state index in [1.165, 1.54) is 0 Å². The number of hydrogen-bond donors (Lipinski definition) is 0. The molecule has 132 valence electrons. The van der Waals surface area contributed by atoms with Crippen molar-refractivity contribution in [3.8, 4) is 0 Å². The Balaban J connectivity index is 1.88. The van der Waals surface area contributed by atoms with Gasteiger partial charge in [-0.25, -0.2) is 4.79 Å². The molecule has 1 amide bonds. The number of ether oxygens (including phenoxy) is 1. The molecule has 1 atom stereocenters. The van der Waals surface area contributed by atoms with E-state index in [2.05, 4.69) is 5.16 Å². The fourth-order valence-electron chi connectivity index (χ4n) is 3.08. The summed E-state index contributed by atoms with van der Waals surface area (Å²) in [5.74, 6) is -0.344. The minimum Gasteiger partial charge on any atom is -0.444 e. The molecule has 1 aromatic heterocycles. The lowest BCUT2D eigenvalue weighted by Crippen LogP contribution is -2.35. The smallest absolute Gasteiger partial charge is 0.344 e. The molecule has 1 aliphatic heterocycles. The van der Waals surface area contributed by atoms with E-state index in [4.69, 9.17) is 9.26 Å². The summed E-state index contributed by atoms with van der Waals surface area (Å²) in [5.41, 5.74) is 1.53. The van der Waals surface area contributed by atoms with Crippen LogP contribution in [0.5, 0.6) is 0 Å². The van der Waals surface area contributed by atoms with Crippen molar-refractivity contribution in [2.45, 2.75) is 39.2 Å². The highest BCUT2D eigenvalue weighted by atomic mass is 16.6. The third kappa shape index (κ3) is 3.57. The summed E-state index contributed by atoms with van der Waals surface area (Å²) in [6.07, 6.45) is 1.56. The van der Waals surface area contributed by atoms with Gasteiger partial charge in [0.2, 0.25) is 6.10 Å². The van der Waals surface area contributed by atoms with Gasteiger partial charge in [0.05, 0.1) is 5.69 Å². The zero-order valence-electron chi connectivity index (χ0n) is 14.5. The minimum atomic E-state index is -0.953. The minimum absolute atomic E-state index is 0.177. The molecule has 0 aliphatic carbocycles. The molecule has 25 heavy (non-hydrogen) atoms. The van der Waals surface area contributed by atoms with Crippen LogP contribution in [0, 0.1) is 6.92 Å². The second kappa shape index (κ2) is 7.51. The van der Waals surface area contributed by atoms with E-state index >= 15 is 0 Å². The molecule has 1 unspecified atom stereocenters.